The number of nitrogens with zero attached hydrogens (tertiary/aromatic N) is 2. The van der Waals surface area contributed by atoms with Gasteiger partial charge in [0.25, 0.3) is 0 Å². The van der Waals surface area contributed by atoms with Gasteiger partial charge in [0.2, 0.25) is 0 Å². The van der Waals surface area contributed by atoms with Crippen LogP contribution >= 0.6 is 0 Å². The molecule has 0 bridgehead atoms. The van der Waals surface area contributed by atoms with Crippen molar-refractivity contribution in [2.75, 3.05) is 31.3 Å². The maximum atomic E-state index is 12.6. The molecule has 1 heterocycles. The number of hydrogen-bond donors (Lipinski definition) is 1. The second-order valence-electron chi connectivity index (χ2n) is 7.13. The van der Waals surface area contributed by atoms with Crippen LogP contribution in [0.1, 0.15) is 5.56 Å². The van der Waals surface area contributed by atoms with Crippen LogP contribution in [-0.2, 0) is 16.7 Å². The largest absolute Gasteiger partial charge is 0.487 e. The van der Waals surface area contributed by atoms with Gasteiger partial charge in [0.1, 0.15) is 23.0 Å². The van der Waals surface area contributed by atoms with E-state index in [-0.39, 0.29) is 10.6 Å². The van der Waals surface area contributed by atoms with Crippen LogP contribution in [-0.4, -0.2) is 29.1 Å². The fraction of sp³-hybridized carbons (Fsp3) is 0.227. The number of pyridine rings is 1. The first-order chi connectivity index (χ1) is 14.2. The van der Waals surface area contributed by atoms with Gasteiger partial charge in [-0.1, -0.05) is 0 Å². The summed E-state index contributed by atoms with van der Waals surface area (Å²) in [5.41, 5.74) is 8.12. The molecule has 0 fully saturated rings. The summed E-state index contributed by atoms with van der Waals surface area (Å²) in [7, 11) is -0.169. The Hall–Kier alpha value is -3.26. The summed E-state index contributed by atoms with van der Waals surface area (Å²) in [6.07, 6.45) is 3.75. The van der Waals surface area contributed by atoms with Crippen LogP contribution < -0.4 is 24.1 Å². The minimum Gasteiger partial charge on any atom is -0.487 e. The first kappa shape index (κ1) is 21.4. The summed E-state index contributed by atoms with van der Waals surface area (Å²) in [6.45, 7) is 2.89. The van der Waals surface area contributed by atoms with Crippen LogP contribution in [0.2, 0.25) is 0 Å². The molecule has 0 aliphatic rings. The van der Waals surface area contributed by atoms with Gasteiger partial charge in [-0.3, -0.25) is 0 Å². The first-order valence-electron chi connectivity index (χ1n) is 9.44. The van der Waals surface area contributed by atoms with Gasteiger partial charge in [0, 0.05) is 43.7 Å². The van der Waals surface area contributed by atoms with Crippen LogP contribution in [0, 0.1) is 6.92 Å². The van der Waals surface area contributed by atoms with Crippen molar-refractivity contribution in [3.63, 3.8) is 0 Å². The highest BCUT2D eigenvalue weighted by Gasteiger charge is 2.17. The van der Waals surface area contributed by atoms with Crippen LogP contribution in [0.15, 0.2) is 71.9 Å². The summed E-state index contributed by atoms with van der Waals surface area (Å²) in [4.78, 5) is 1.99. The van der Waals surface area contributed by atoms with Crippen molar-refractivity contribution in [2.45, 2.75) is 18.4 Å². The number of benzene rings is 2. The quantitative estimate of drug-likeness (QED) is 0.439. The van der Waals surface area contributed by atoms with E-state index in [1.807, 2.05) is 61.1 Å². The van der Waals surface area contributed by atoms with Crippen LogP contribution in [0.25, 0.3) is 0 Å². The van der Waals surface area contributed by atoms with Gasteiger partial charge in [-0.25, -0.2) is 4.57 Å². The minimum atomic E-state index is -3.95. The topological polar surface area (TPSA) is 85.7 Å². The summed E-state index contributed by atoms with van der Waals surface area (Å²) >= 11 is 0. The molecule has 30 heavy (non-hydrogen) atoms. The van der Waals surface area contributed by atoms with E-state index in [2.05, 4.69) is 0 Å². The highest BCUT2D eigenvalue weighted by Crippen LogP contribution is 2.26. The molecule has 0 unspecified atom stereocenters. The van der Waals surface area contributed by atoms with Crippen molar-refractivity contribution in [3.05, 3.63) is 72.6 Å². The Balaban J connectivity index is 1.68. The third-order valence-corrected chi connectivity index (χ3v) is 5.67. The monoisotopic (exact) mass is 428 g/mol. The summed E-state index contributed by atoms with van der Waals surface area (Å²) in [5.74, 6) is 0.751. The number of aryl methyl sites for hydroxylation is 1. The normalized spacial score (nSPS) is 11.2. The number of anilines is 2. The molecule has 0 amide bonds. The zero-order valence-electron chi connectivity index (χ0n) is 17.3. The maximum Gasteiger partial charge on any atom is 0.339 e. The fourth-order valence-corrected chi connectivity index (χ4v) is 3.73. The zero-order valence-corrected chi connectivity index (χ0v) is 18.1. The van der Waals surface area contributed by atoms with Crippen LogP contribution in [0.3, 0.4) is 0 Å². The smallest absolute Gasteiger partial charge is 0.339 e. The Morgan fingerprint density at radius 2 is 1.60 bits per heavy atom. The molecule has 0 atom stereocenters. The molecule has 158 valence electrons. The fourth-order valence-electron chi connectivity index (χ4n) is 2.82. The lowest BCUT2D eigenvalue weighted by Crippen LogP contribution is -2.35. The molecule has 0 aliphatic carbocycles. The lowest BCUT2D eigenvalue weighted by Gasteiger charge is -2.13. The molecule has 3 rings (SSSR count). The van der Waals surface area contributed by atoms with Gasteiger partial charge in [-0.2, -0.15) is 8.42 Å². The summed E-state index contributed by atoms with van der Waals surface area (Å²) < 4.78 is 38.4. The Bertz CT molecular complexity index is 1100. The molecule has 8 heteroatoms. The van der Waals surface area contributed by atoms with E-state index in [9.17, 15) is 8.42 Å². The Morgan fingerprint density at radius 3 is 2.23 bits per heavy atom. The third kappa shape index (κ3) is 5.64. The second kappa shape index (κ2) is 9.04. The maximum absolute atomic E-state index is 12.6. The molecule has 0 saturated heterocycles. The molecule has 0 spiro atoms. The number of hydrogen-bond acceptors (Lipinski definition) is 6. The van der Waals surface area contributed by atoms with Crippen molar-refractivity contribution in [3.8, 4) is 11.5 Å². The lowest BCUT2D eigenvalue weighted by atomic mass is 10.2. The van der Waals surface area contributed by atoms with Gasteiger partial charge >= 0.3 is 10.1 Å². The molecule has 0 radical (unpaired) electrons. The predicted octanol–water partition coefficient (Wildman–Crippen LogP) is 2.78. The number of rotatable bonds is 8. The Kier molecular flexibility index (Phi) is 6.47. The molecule has 3 aromatic rings. The van der Waals surface area contributed by atoms with Crippen molar-refractivity contribution in [2.24, 2.45) is 0 Å². The minimum absolute atomic E-state index is 0.0943. The average molecular weight is 429 g/mol. The van der Waals surface area contributed by atoms with Crippen molar-refractivity contribution in [1.29, 1.82) is 0 Å². The number of ether oxygens (including phenoxy) is 1. The summed E-state index contributed by atoms with van der Waals surface area (Å²) in [6, 6.07) is 15.2. The van der Waals surface area contributed by atoms with Gasteiger partial charge in [-0.15, -0.1) is 0 Å². The van der Waals surface area contributed by atoms with E-state index < -0.39 is 10.1 Å². The van der Waals surface area contributed by atoms with Gasteiger partial charge < -0.3 is 19.6 Å². The van der Waals surface area contributed by atoms with E-state index in [4.69, 9.17) is 14.7 Å². The highest BCUT2D eigenvalue weighted by molar-refractivity contribution is 7.87. The molecule has 1 aromatic heterocycles. The third-order valence-electron chi connectivity index (χ3n) is 4.41. The Morgan fingerprint density at radius 1 is 0.967 bits per heavy atom. The zero-order chi connectivity index (χ0) is 21.7. The van der Waals surface area contributed by atoms with E-state index in [1.54, 1.807) is 24.3 Å². The average Bonchev–Trinajstić information content (AvgIpc) is 2.69. The molecular weight excluding hydrogens is 402 g/mol. The predicted molar refractivity (Wildman–Crippen MR) is 116 cm³/mol. The molecule has 2 N–H and O–H groups in total. The van der Waals surface area contributed by atoms with E-state index in [0.29, 0.717) is 24.6 Å². The SMILES string of the molecule is Cc1cc(OCC[n+]2ccc(N)cc2)cc(OS(=O)(=O)c2ccc(N(C)C)cc2)c1. The Labute approximate surface area is 177 Å². The van der Waals surface area contributed by atoms with Gasteiger partial charge in [0.15, 0.2) is 18.9 Å². The van der Waals surface area contributed by atoms with Crippen molar-refractivity contribution in [1.82, 2.24) is 0 Å². The van der Waals surface area contributed by atoms with E-state index in [0.717, 1.165) is 11.3 Å². The highest BCUT2D eigenvalue weighted by atomic mass is 32.2. The van der Waals surface area contributed by atoms with E-state index >= 15 is 0 Å². The van der Waals surface area contributed by atoms with Crippen molar-refractivity contribution < 1.29 is 21.9 Å². The van der Waals surface area contributed by atoms with Crippen molar-refractivity contribution >= 4 is 21.5 Å². The van der Waals surface area contributed by atoms with Crippen LogP contribution in [0.4, 0.5) is 11.4 Å². The van der Waals surface area contributed by atoms with Gasteiger partial charge in [0.05, 0.1) is 0 Å². The number of nitrogen functional groups attached to an aromatic ring is 1. The standard InChI is InChI=1S/C22H25N3O4S/c1-17-14-20(28-13-12-25-10-8-18(23)9-11-25)16-21(15-17)29-30(26,27)22-6-4-19(5-7-22)24(2)3/h4-11,14-16,23H,12-13H2,1-3H3/p+1. The first-order valence-corrected chi connectivity index (χ1v) is 10.8. The van der Waals surface area contributed by atoms with Gasteiger partial charge in [-0.05, 0) is 48.9 Å². The summed E-state index contributed by atoms with van der Waals surface area (Å²) in [5, 5.41) is 0. The number of aromatic nitrogens is 1. The van der Waals surface area contributed by atoms with E-state index in [1.165, 1.54) is 12.1 Å². The lowest BCUT2D eigenvalue weighted by molar-refractivity contribution is -0.697. The molecule has 0 saturated carbocycles. The molecule has 0 aliphatic heterocycles. The number of nitrogens with two attached hydrogens (primary N) is 1. The van der Waals surface area contributed by atoms with Crippen LogP contribution in [0.5, 0.6) is 11.5 Å². The molecule has 7 nitrogen and oxygen atoms in total. The molecular formula is C22H26N3O4S+. The molecule has 2 aromatic carbocycles. The second-order valence-corrected chi connectivity index (χ2v) is 8.67.